The molecule has 0 bridgehead atoms. The van der Waals surface area contributed by atoms with E-state index in [4.69, 9.17) is 9.47 Å². The van der Waals surface area contributed by atoms with Crippen LogP contribution in [0.4, 0.5) is 0 Å². The fourth-order valence-electron chi connectivity index (χ4n) is 1.26. The van der Waals surface area contributed by atoms with Crippen molar-refractivity contribution in [3.8, 4) is 17.2 Å². The molecular weight excluding hydrogens is 180 g/mol. The smallest absolute Gasteiger partial charge is 0.201 e. The van der Waals surface area contributed by atoms with Crippen LogP contribution < -0.4 is 9.47 Å². The highest BCUT2D eigenvalue weighted by Gasteiger charge is 2.13. The first kappa shape index (κ1) is 10.4. The molecule has 0 spiro atoms. The lowest BCUT2D eigenvalue weighted by Gasteiger charge is -2.12. The second kappa shape index (κ2) is 4.05. The van der Waals surface area contributed by atoms with Gasteiger partial charge >= 0.3 is 0 Å². The average molecular weight is 194 g/mol. The minimum atomic E-state index is 0.00972. The van der Waals surface area contributed by atoms with Gasteiger partial charge in [-0.15, -0.1) is 0 Å². The van der Waals surface area contributed by atoms with E-state index >= 15 is 0 Å². The first-order valence-corrected chi connectivity index (χ1v) is 4.21. The summed E-state index contributed by atoms with van der Waals surface area (Å²) in [6, 6.07) is 3.49. The fraction of sp³-hybridized carbons (Fsp3) is 0.273. The van der Waals surface area contributed by atoms with Gasteiger partial charge in [-0.05, 0) is 24.6 Å². The van der Waals surface area contributed by atoms with E-state index in [0.717, 1.165) is 11.1 Å². The van der Waals surface area contributed by atoms with Gasteiger partial charge in [-0.2, -0.15) is 0 Å². The number of hydrogen-bond donors (Lipinski definition) is 1. The number of ether oxygens (including phenoxy) is 2. The largest absolute Gasteiger partial charge is 0.502 e. The van der Waals surface area contributed by atoms with Crippen molar-refractivity contribution in [2.75, 3.05) is 14.2 Å². The Balaban J connectivity index is 3.35. The van der Waals surface area contributed by atoms with Crippen LogP contribution >= 0.6 is 0 Å². The van der Waals surface area contributed by atoms with Gasteiger partial charge in [0.1, 0.15) is 0 Å². The van der Waals surface area contributed by atoms with Crippen LogP contribution in [0, 0.1) is 0 Å². The van der Waals surface area contributed by atoms with Crippen molar-refractivity contribution < 1.29 is 14.6 Å². The normalized spacial score (nSPS) is 9.64. The molecular formula is C11H14O3. The van der Waals surface area contributed by atoms with Crippen LogP contribution in [0.15, 0.2) is 18.7 Å². The summed E-state index contributed by atoms with van der Waals surface area (Å²) in [6.07, 6.45) is 0. The van der Waals surface area contributed by atoms with E-state index < -0.39 is 0 Å². The van der Waals surface area contributed by atoms with Crippen molar-refractivity contribution in [3.63, 3.8) is 0 Å². The minimum Gasteiger partial charge on any atom is -0.502 e. The van der Waals surface area contributed by atoms with Gasteiger partial charge in [-0.1, -0.05) is 6.58 Å². The van der Waals surface area contributed by atoms with Gasteiger partial charge in [-0.25, -0.2) is 0 Å². The van der Waals surface area contributed by atoms with Crippen LogP contribution in [0.2, 0.25) is 0 Å². The molecule has 0 unspecified atom stereocenters. The summed E-state index contributed by atoms with van der Waals surface area (Å²) < 4.78 is 10.1. The molecule has 14 heavy (non-hydrogen) atoms. The monoisotopic (exact) mass is 194 g/mol. The van der Waals surface area contributed by atoms with E-state index in [0.29, 0.717) is 11.5 Å². The third-order valence-electron chi connectivity index (χ3n) is 1.98. The number of benzene rings is 1. The number of methoxy groups -OCH3 is 2. The predicted octanol–water partition coefficient (Wildman–Crippen LogP) is 2.44. The molecule has 0 saturated carbocycles. The maximum atomic E-state index is 9.73. The number of phenols is 1. The van der Waals surface area contributed by atoms with Gasteiger partial charge in [-0.3, -0.25) is 0 Å². The van der Waals surface area contributed by atoms with Gasteiger partial charge in [0.05, 0.1) is 14.2 Å². The molecule has 3 nitrogen and oxygen atoms in total. The molecule has 0 saturated heterocycles. The van der Waals surface area contributed by atoms with Crippen LogP contribution in [-0.4, -0.2) is 19.3 Å². The number of phenolic OH excluding ortho intramolecular Hbond substituents is 1. The van der Waals surface area contributed by atoms with Crippen molar-refractivity contribution in [1.82, 2.24) is 0 Å². The second-order valence-corrected chi connectivity index (χ2v) is 2.98. The Hall–Kier alpha value is -1.64. The highest BCUT2D eigenvalue weighted by molar-refractivity contribution is 5.72. The SMILES string of the molecule is C=C(C)c1ccc(OC)c(O)c1OC. The zero-order valence-electron chi connectivity index (χ0n) is 8.63. The number of aromatic hydroxyl groups is 1. The molecule has 1 N–H and O–H groups in total. The third kappa shape index (κ3) is 1.66. The molecule has 1 aromatic carbocycles. The molecule has 1 rings (SSSR count). The maximum absolute atomic E-state index is 9.73. The topological polar surface area (TPSA) is 38.7 Å². The first-order valence-electron chi connectivity index (χ1n) is 4.21. The number of hydrogen-bond acceptors (Lipinski definition) is 3. The van der Waals surface area contributed by atoms with Crippen molar-refractivity contribution in [2.24, 2.45) is 0 Å². The molecule has 3 heteroatoms. The molecule has 0 atom stereocenters. The van der Waals surface area contributed by atoms with E-state index in [2.05, 4.69) is 6.58 Å². The molecule has 76 valence electrons. The fourth-order valence-corrected chi connectivity index (χ4v) is 1.26. The van der Waals surface area contributed by atoms with E-state index in [1.165, 1.54) is 14.2 Å². The van der Waals surface area contributed by atoms with Crippen molar-refractivity contribution in [1.29, 1.82) is 0 Å². The molecule has 0 amide bonds. The Labute approximate surface area is 83.6 Å². The van der Waals surface area contributed by atoms with Gasteiger partial charge in [0.15, 0.2) is 11.5 Å². The number of rotatable bonds is 3. The second-order valence-electron chi connectivity index (χ2n) is 2.98. The van der Waals surface area contributed by atoms with E-state index in [1.807, 2.05) is 6.92 Å². The summed E-state index contributed by atoms with van der Waals surface area (Å²) in [5.41, 5.74) is 1.62. The van der Waals surface area contributed by atoms with Crippen LogP contribution in [0.1, 0.15) is 12.5 Å². The summed E-state index contributed by atoms with van der Waals surface area (Å²) in [5, 5.41) is 9.73. The summed E-state index contributed by atoms with van der Waals surface area (Å²) in [6.45, 7) is 5.65. The average Bonchev–Trinajstić information content (AvgIpc) is 2.17. The van der Waals surface area contributed by atoms with Crippen molar-refractivity contribution >= 4 is 5.57 Å². The summed E-state index contributed by atoms with van der Waals surface area (Å²) in [4.78, 5) is 0. The summed E-state index contributed by atoms with van der Waals surface area (Å²) in [7, 11) is 3.00. The minimum absolute atomic E-state index is 0.00972. The van der Waals surface area contributed by atoms with Gasteiger partial charge in [0, 0.05) is 5.56 Å². The van der Waals surface area contributed by atoms with E-state index in [9.17, 15) is 5.11 Å². The molecule has 0 aliphatic rings. The zero-order valence-corrected chi connectivity index (χ0v) is 8.63. The Kier molecular flexibility index (Phi) is 3.02. The van der Waals surface area contributed by atoms with Gasteiger partial charge in [0.25, 0.3) is 0 Å². The lowest BCUT2D eigenvalue weighted by molar-refractivity contribution is 0.339. The predicted molar refractivity (Wildman–Crippen MR) is 55.9 cm³/mol. The molecule has 0 heterocycles. The number of allylic oxidation sites excluding steroid dienone is 1. The van der Waals surface area contributed by atoms with Crippen LogP contribution in [0.5, 0.6) is 17.2 Å². The molecule has 1 aromatic rings. The lowest BCUT2D eigenvalue weighted by atomic mass is 10.1. The summed E-state index contributed by atoms with van der Waals surface area (Å²) >= 11 is 0. The molecule has 0 aromatic heterocycles. The summed E-state index contributed by atoms with van der Waals surface area (Å²) in [5.74, 6) is 0.805. The Morgan fingerprint density at radius 1 is 1.29 bits per heavy atom. The lowest BCUT2D eigenvalue weighted by Crippen LogP contribution is -1.92. The van der Waals surface area contributed by atoms with Crippen LogP contribution in [-0.2, 0) is 0 Å². The van der Waals surface area contributed by atoms with Crippen molar-refractivity contribution in [3.05, 3.63) is 24.3 Å². The molecule has 0 aliphatic heterocycles. The zero-order chi connectivity index (χ0) is 10.7. The first-order chi connectivity index (χ1) is 6.61. The van der Waals surface area contributed by atoms with E-state index in [1.54, 1.807) is 12.1 Å². The molecule has 0 aliphatic carbocycles. The van der Waals surface area contributed by atoms with Crippen LogP contribution in [0.25, 0.3) is 5.57 Å². The third-order valence-corrected chi connectivity index (χ3v) is 1.98. The standard InChI is InChI=1S/C11H14O3/c1-7(2)8-5-6-9(13-3)10(12)11(8)14-4/h5-6,12H,1H2,2-4H3. The molecule has 0 radical (unpaired) electrons. The van der Waals surface area contributed by atoms with Gasteiger partial charge in [0.2, 0.25) is 5.75 Å². The Bertz CT molecular complexity index is 356. The highest BCUT2D eigenvalue weighted by Crippen LogP contribution is 2.40. The van der Waals surface area contributed by atoms with Gasteiger partial charge < -0.3 is 14.6 Å². The Morgan fingerprint density at radius 3 is 2.36 bits per heavy atom. The highest BCUT2D eigenvalue weighted by atomic mass is 16.5. The van der Waals surface area contributed by atoms with E-state index in [-0.39, 0.29) is 5.75 Å². The van der Waals surface area contributed by atoms with Crippen molar-refractivity contribution in [2.45, 2.75) is 6.92 Å². The molecule has 0 fully saturated rings. The maximum Gasteiger partial charge on any atom is 0.201 e. The van der Waals surface area contributed by atoms with Crippen LogP contribution in [0.3, 0.4) is 0 Å². The Morgan fingerprint density at radius 2 is 1.93 bits per heavy atom. The quantitative estimate of drug-likeness (QED) is 0.803.